The zero-order valence-corrected chi connectivity index (χ0v) is 19.6. The highest BCUT2D eigenvalue weighted by Gasteiger charge is 2.34. The second-order valence-electron chi connectivity index (χ2n) is 8.56. The Morgan fingerprint density at radius 1 is 1.19 bits per heavy atom. The number of nitro benzene ring substituents is 1. The molecule has 32 heavy (non-hydrogen) atoms. The maximum atomic E-state index is 13.0. The molecule has 1 aromatic carbocycles. The molecule has 1 saturated heterocycles. The first-order valence-corrected chi connectivity index (χ1v) is 12.6. The molecule has 2 aliphatic rings. The van der Waals surface area contributed by atoms with Crippen LogP contribution in [0.3, 0.4) is 0 Å². The predicted molar refractivity (Wildman–Crippen MR) is 123 cm³/mol. The second kappa shape index (κ2) is 10.7. The number of piperazine rings is 1. The first-order valence-electron chi connectivity index (χ1n) is 11.2. The first-order chi connectivity index (χ1) is 15.2. The standard InChI is InChI=1S/C21H33N5O5S/c1-17-19(9-6-10-20(17)26(28)29)22-21(27)11-12-24-13-15-25(16-14-24)32(30,31)23(2)18-7-4-3-5-8-18/h6,9-10,18H,3-5,7-8,11-16H2,1-2H3,(H,22,27). The number of benzene rings is 1. The van der Waals surface area contributed by atoms with Crippen LogP contribution in [0.4, 0.5) is 11.4 Å². The van der Waals surface area contributed by atoms with Crippen LogP contribution < -0.4 is 5.32 Å². The van der Waals surface area contributed by atoms with Crippen molar-refractivity contribution in [2.75, 3.05) is 45.1 Å². The number of carbonyl (C=O) groups excluding carboxylic acids is 1. The van der Waals surface area contributed by atoms with Gasteiger partial charge in [-0.3, -0.25) is 14.9 Å². The van der Waals surface area contributed by atoms with Gasteiger partial charge in [-0.1, -0.05) is 25.3 Å². The number of nitro groups is 1. The predicted octanol–water partition coefficient (Wildman–Crippen LogP) is 2.36. The molecule has 3 rings (SSSR count). The fraction of sp³-hybridized carbons (Fsp3) is 0.667. The number of amides is 1. The minimum absolute atomic E-state index is 0.0293. The molecule has 0 radical (unpaired) electrons. The Bertz CT molecular complexity index is 925. The van der Waals surface area contributed by atoms with Gasteiger partial charge < -0.3 is 10.2 Å². The molecule has 1 amide bonds. The van der Waals surface area contributed by atoms with Gasteiger partial charge >= 0.3 is 0 Å². The molecule has 10 nitrogen and oxygen atoms in total. The normalized spacial score (nSPS) is 19.2. The van der Waals surface area contributed by atoms with Crippen LogP contribution in [0.1, 0.15) is 44.1 Å². The summed E-state index contributed by atoms with van der Waals surface area (Å²) in [4.78, 5) is 25.0. The topological polar surface area (TPSA) is 116 Å². The Labute approximate surface area is 189 Å². The minimum Gasteiger partial charge on any atom is -0.326 e. The second-order valence-corrected chi connectivity index (χ2v) is 10.5. The van der Waals surface area contributed by atoms with Gasteiger partial charge in [-0.05, 0) is 25.8 Å². The Morgan fingerprint density at radius 2 is 1.84 bits per heavy atom. The summed E-state index contributed by atoms with van der Waals surface area (Å²) in [6.45, 7) is 4.07. The molecule has 0 atom stereocenters. The van der Waals surface area contributed by atoms with Crippen molar-refractivity contribution in [2.24, 2.45) is 0 Å². The van der Waals surface area contributed by atoms with E-state index in [4.69, 9.17) is 0 Å². The molecule has 0 spiro atoms. The van der Waals surface area contributed by atoms with Crippen LogP contribution in [0.5, 0.6) is 0 Å². The lowest BCUT2D eigenvalue weighted by atomic mass is 9.96. The molecule has 11 heteroatoms. The Hall–Kier alpha value is -2.08. The molecule has 0 unspecified atom stereocenters. The van der Waals surface area contributed by atoms with Crippen LogP contribution in [-0.4, -0.2) is 78.6 Å². The molecule has 178 valence electrons. The van der Waals surface area contributed by atoms with Gasteiger partial charge in [0.05, 0.1) is 16.2 Å². The van der Waals surface area contributed by atoms with Crippen LogP contribution in [0.25, 0.3) is 0 Å². The number of carbonyl (C=O) groups is 1. The monoisotopic (exact) mass is 467 g/mol. The minimum atomic E-state index is -3.47. The Balaban J connectivity index is 1.46. The third-order valence-electron chi connectivity index (χ3n) is 6.54. The Kier molecular flexibility index (Phi) is 8.21. The maximum absolute atomic E-state index is 13.0. The van der Waals surface area contributed by atoms with Gasteiger partial charge in [-0.15, -0.1) is 0 Å². The summed E-state index contributed by atoms with van der Waals surface area (Å²) < 4.78 is 29.1. The van der Waals surface area contributed by atoms with E-state index in [1.807, 2.05) is 0 Å². The van der Waals surface area contributed by atoms with Crippen molar-refractivity contribution in [3.05, 3.63) is 33.9 Å². The van der Waals surface area contributed by atoms with Gasteiger partial charge in [0.2, 0.25) is 5.91 Å². The lowest BCUT2D eigenvalue weighted by molar-refractivity contribution is -0.385. The van der Waals surface area contributed by atoms with Gasteiger partial charge in [0.25, 0.3) is 15.9 Å². The van der Waals surface area contributed by atoms with Crippen LogP contribution in [-0.2, 0) is 15.0 Å². The molecular formula is C21H33N5O5S. The summed E-state index contributed by atoms with van der Waals surface area (Å²) in [7, 11) is -1.77. The van der Waals surface area contributed by atoms with Crippen LogP contribution >= 0.6 is 0 Å². The summed E-state index contributed by atoms with van der Waals surface area (Å²) in [5.41, 5.74) is 0.830. The molecule has 1 N–H and O–H groups in total. The lowest BCUT2D eigenvalue weighted by Crippen LogP contribution is -2.54. The summed E-state index contributed by atoms with van der Waals surface area (Å²) in [5, 5.41) is 13.8. The molecule has 1 heterocycles. The molecule has 2 fully saturated rings. The van der Waals surface area contributed by atoms with Crippen molar-refractivity contribution in [1.29, 1.82) is 0 Å². The highest BCUT2D eigenvalue weighted by atomic mass is 32.2. The van der Waals surface area contributed by atoms with E-state index in [9.17, 15) is 23.3 Å². The van der Waals surface area contributed by atoms with E-state index in [1.165, 1.54) is 12.5 Å². The van der Waals surface area contributed by atoms with E-state index in [0.717, 1.165) is 25.7 Å². The van der Waals surface area contributed by atoms with Gasteiger partial charge in [-0.2, -0.15) is 17.0 Å². The third kappa shape index (κ3) is 5.83. The SMILES string of the molecule is Cc1c(NC(=O)CCN2CCN(S(=O)(=O)N(C)C3CCCCC3)CC2)cccc1[N+](=O)[O-]. The quantitative estimate of drug-likeness (QED) is 0.463. The number of nitrogens with one attached hydrogen (secondary N) is 1. The smallest absolute Gasteiger partial charge is 0.282 e. The summed E-state index contributed by atoms with van der Waals surface area (Å²) >= 11 is 0. The average molecular weight is 468 g/mol. The van der Waals surface area contributed by atoms with Crippen molar-refractivity contribution < 1.29 is 18.1 Å². The molecular weight excluding hydrogens is 434 g/mol. The number of nitrogens with zero attached hydrogens (tertiary/aromatic N) is 4. The average Bonchev–Trinajstić information content (AvgIpc) is 2.79. The van der Waals surface area contributed by atoms with E-state index >= 15 is 0 Å². The largest absolute Gasteiger partial charge is 0.326 e. The van der Waals surface area contributed by atoms with E-state index in [-0.39, 0.29) is 24.1 Å². The van der Waals surface area contributed by atoms with E-state index in [1.54, 1.807) is 34.7 Å². The molecule has 1 aromatic rings. The fourth-order valence-electron chi connectivity index (χ4n) is 4.43. The van der Waals surface area contributed by atoms with Gasteiger partial charge in [0.15, 0.2) is 0 Å². The molecule has 0 aromatic heterocycles. The number of hydrogen-bond donors (Lipinski definition) is 1. The lowest BCUT2D eigenvalue weighted by Gasteiger charge is -2.38. The zero-order chi connectivity index (χ0) is 23.3. The first kappa shape index (κ1) is 24.6. The number of hydrogen-bond acceptors (Lipinski definition) is 6. The molecule has 1 aliphatic heterocycles. The number of anilines is 1. The third-order valence-corrected chi connectivity index (χ3v) is 8.59. The van der Waals surface area contributed by atoms with Crippen molar-refractivity contribution in [3.63, 3.8) is 0 Å². The highest BCUT2D eigenvalue weighted by molar-refractivity contribution is 7.86. The van der Waals surface area contributed by atoms with Crippen molar-refractivity contribution in [2.45, 2.75) is 51.5 Å². The molecule has 1 saturated carbocycles. The number of rotatable bonds is 8. The summed E-state index contributed by atoms with van der Waals surface area (Å²) in [6.07, 6.45) is 5.42. The van der Waals surface area contributed by atoms with Gasteiger partial charge in [0.1, 0.15) is 0 Å². The van der Waals surface area contributed by atoms with Crippen molar-refractivity contribution in [1.82, 2.24) is 13.5 Å². The van der Waals surface area contributed by atoms with E-state index < -0.39 is 15.1 Å². The maximum Gasteiger partial charge on any atom is 0.282 e. The van der Waals surface area contributed by atoms with Crippen LogP contribution in [0.2, 0.25) is 0 Å². The molecule has 1 aliphatic carbocycles. The van der Waals surface area contributed by atoms with E-state index in [2.05, 4.69) is 10.2 Å². The van der Waals surface area contributed by atoms with Gasteiger partial charge in [0, 0.05) is 58.3 Å². The van der Waals surface area contributed by atoms with Gasteiger partial charge in [-0.25, -0.2) is 0 Å². The van der Waals surface area contributed by atoms with Crippen molar-refractivity contribution >= 4 is 27.5 Å². The van der Waals surface area contributed by atoms with E-state index in [0.29, 0.717) is 44.0 Å². The fourth-order valence-corrected chi connectivity index (χ4v) is 6.00. The zero-order valence-electron chi connectivity index (χ0n) is 18.8. The van der Waals surface area contributed by atoms with Crippen molar-refractivity contribution in [3.8, 4) is 0 Å². The molecule has 0 bridgehead atoms. The summed E-state index contributed by atoms with van der Waals surface area (Å²) in [6, 6.07) is 4.69. The summed E-state index contributed by atoms with van der Waals surface area (Å²) in [5.74, 6) is -0.222. The van der Waals surface area contributed by atoms with Crippen LogP contribution in [0.15, 0.2) is 18.2 Å². The Morgan fingerprint density at radius 3 is 2.47 bits per heavy atom. The van der Waals surface area contributed by atoms with Crippen LogP contribution in [0, 0.1) is 17.0 Å². The highest BCUT2D eigenvalue weighted by Crippen LogP contribution is 2.26.